The molecule has 0 amide bonds. The topological polar surface area (TPSA) is 50.9 Å². The Bertz CT molecular complexity index is 762. The first-order valence-electron chi connectivity index (χ1n) is 5.63. The van der Waals surface area contributed by atoms with E-state index < -0.39 is 0 Å². The second-order valence-electron chi connectivity index (χ2n) is 4.10. The summed E-state index contributed by atoms with van der Waals surface area (Å²) < 4.78 is 14.6. The number of rotatable bonds is 2. The van der Waals surface area contributed by atoms with Crippen molar-refractivity contribution in [3.63, 3.8) is 0 Å². The molecule has 0 fully saturated rings. The largest absolute Gasteiger partial charge is 0.508 e. The minimum absolute atomic E-state index is 0.0586. The summed E-state index contributed by atoms with van der Waals surface area (Å²) in [6, 6.07) is 5.99. The van der Waals surface area contributed by atoms with Crippen LogP contribution in [0.15, 0.2) is 49.4 Å². The van der Waals surface area contributed by atoms with Crippen LogP contribution in [-0.4, -0.2) is 19.9 Å². The van der Waals surface area contributed by atoms with Crippen molar-refractivity contribution in [3.8, 4) is 5.69 Å². The van der Waals surface area contributed by atoms with Crippen molar-refractivity contribution in [2.45, 2.75) is 0 Å². The quantitative estimate of drug-likeness (QED) is 0.716. The van der Waals surface area contributed by atoms with E-state index in [1.807, 2.05) is 0 Å². The standard InChI is InChI=1S/C14H10FN3O/c1-9(19)12-6-16-8-14-13(12)7-17-18(14)11-4-2-10(15)3-5-11/h2-8,19H,1H2. The lowest BCUT2D eigenvalue weighted by Gasteiger charge is -2.04. The molecular weight excluding hydrogens is 245 g/mol. The number of fused-ring (bicyclic) bond motifs is 1. The fourth-order valence-corrected chi connectivity index (χ4v) is 1.96. The van der Waals surface area contributed by atoms with Crippen molar-refractivity contribution < 1.29 is 9.50 Å². The van der Waals surface area contributed by atoms with Gasteiger partial charge in [0.2, 0.25) is 0 Å². The molecule has 4 nitrogen and oxygen atoms in total. The number of aliphatic hydroxyl groups excluding tert-OH is 1. The first-order chi connectivity index (χ1) is 9.16. The summed E-state index contributed by atoms with van der Waals surface area (Å²) in [5.74, 6) is -0.362. The molecular formula is C14H10FN3O. The maximum Gasteiger partial charge on any atom is 0.123 e. The van der Waals surface area contributed by atoms with Gasteiger partial charge in [0.25, 0.3) is 0 Å². The second kappa shape index (κ2) is 4.20. The molecule has 0 atom stereocenters. The van der Waals surface area contributed by atoms with Gasteiger partial charge in [0.1, 0.15) is 11.6 Å². The Labute approximate surface area is 108 Å². The highest BCUT2D eigenvalue weighted by atomic mass is 19.1. The van der Waals surface area contributed by atoms with Crippen LogP contribution in [0.1, 0.15) is 5.56 Å². The molecule has 2 aromatic heterocycles. The Morgan fingerprint density at radius 3 is 2.58 bits per heavy atom. The molecule has 0 aliphatic heterocycles. The highest BCUT2D eigenvalue weighted by Gasteiger charge is 2.10. The van der Waals surface area contributed by atoms with Crippen LogP contribution in [0.2, 0.25) is 0 Å². The zero-order valence-corrected chi connectivity index (χ0v) is 9.92. The fourth-order valence-electron chi connectivity index (χ4n) is 1.96. The van der Waals surface area contributed by atoms with Crippen LogP contribution in [-0.2, 0) is 0 Å². The summed E-state index contributed by atoms with van der Waals surface area (Å²) in [4.78, 5) is 4.05. The summed E-state index contributed by atoms with van der Waals surface area (Å²) >= 11 is 0. The van der Waals surface area contributed by atoms with Crippen molar-refractivity contribution in [2.75, 3.05) is 0 Å². The van der Waals surface area contributed by atoms with Crippen LogP contribution in [0, 0.1) is 5.82 Å². The van der Waals surface area contributed by atoms with Gasteiger partial charge in [-0.25, -0.2) is 9.07 Å². The molecule has 19 heavy (non-hydrogen) atoms. The third kappa shape index (κ3) is 1.85. The highest BCUT2D eigenvalue weighted by molar-refractivity contribution is 5.89. The summed E-state index contributed by atoms with van der Waals surface area (Å²) in [7, 11) is 0. The molecule has 0 radical (unpaired) electrons. The fraction of sp³-hybridized carbons (Fsp3) is 0. The molecule has 3 rings (SSSR count). The molecule has 3 aromatic rings. The minimum atomic E-state index is -0.303. The molecule has 1 N–H and O–H groups in total. The summed E-state index contributed by atoms with van der Waals surface area (Å²) in [5.41, 5.74) is 1.98. The maximum absolute atomic E-state index is 12.9. The normalized spacial score (nSPS) is 10.8. The SMILES string of the molecule is C=C(O)c1cncc2c1cnn2-c1ccc(F)cc1. The van der Waals surface area contributed by atoms with Gasteiger partial charge < -0.3 is 5.11 Å². The summed E-state index contributed by atoms with van der Waals surface area (Å²) in [5, 5.41) is 14.5. The van der Waals surface area contributed by atoms with E-state index in [1.54, 1.807) is 29.2 Å². The highest BCUT2D eigenvalue weighted by Crippen LogP contribution is 2.23. The third-order valence-electron chi connectivity index (χ3n) is 2.88. The van der Waals surface area contributed by atoms with Gasteiger partial charge in [-0.2, -0.15) is 5.10 Å². The van der Waals surface area contributed by atoms with Crippen LogP contribution in [0.5, 0.6) is 0 Å². The molecule has 0 spiro atoms. The second-order valence-corrected chi connectivity index (χ2v) is 4.10. The lowest BCUT2D eigenvalue weighted by atomic mass is 10.2. The van der Waals surface area contributed by atoms with Crippen molar-refractivity contribution in [3.05, 3.63) is 60.8 Å². The van der Waals surface area contributed by atoms with Crippen LogP contribution in [0.4, 0.5) is 4.39 Å². The molecule has 0 aliphatic carbocycles. The van der Waals surface area contributed by atoms with Crippen LogP contribution < -0.4 is 0 Å². The number of aliphatic hydroxyl groups is 1. The molecule has 2 heterocycles. The third-order valence-corrected chi connectivity index (χ3v) is 2.88. The number of halogens is 1. The van der Waals surface area contributed by atoms with Crippen molar-refractivity contribution >= 4 is 16.7 Å². The molecule has 0 bridgehead atoms. The Morgan fingerprint density at radius 2 is 1.89 bits per heavy atom. The molecule has 1 aromatic carbocycles. The van der Waals surface area contributed by atoms with E-state index in [2.05, 4.69) is 16.7 Å². The number of pyridine rings is 1. The van der Waals surface area contributed by atoms with Gasteiger partial charge >= 0.3 is 0 Å². The van der Waals surface area contributed by atoms with Gasteiger partial charge in [-0.05, 0) is 24.3 Å². The monoisotopic (exact) mass is 255 g/mol. The van der Waals surface area contributed by atoms with E-state index in [9.17, 15) is 9.50 Å². The van der Waals surface area contributed by atoms with Crippen molar-refractivity contribution in [2.24, 2.45) is 0 Å². The average molecular weight is 255 g/mol. The van der Waals surface area contributed by atoms with Crippen molar-refractivity contribution in [1.82, 2.24) is 14.8 Å². The lowest BCUT2D eigenvalue weighted by Crippen LogP contribution is -1.96. The van der Waals surface area contributed by atoms with E-state index in [4.69, 9.17) is 0 Å². The predicted octanol–water partition coefficient (Wildman–Crippen LogP) is 3.09. The number of benzene rings is 1. The zero-order chi connectivity index (χ0) is 13.4. The molecule has 0 saturated carbocycles. The van der Waals surface area contributed by atoms with Gasteiger partial charge in [0.15, 0.2) is 0 Å². The Hall–Kier alpha value is -2.69. The first-order valence-corrected chi connectivity index (χ1v) is 5.63. The van der Waals surface area contributed by atoms with Crippen molar-refractivity contribution in [1.29, 1.82) is 0 Å². The van der Waals surface area contributed by atoms with Gasteiger partial charge in [-0.3, -0.25) is 4.98 Å². The maximum atomic E-state index is 12.9. The van der Waals surface area contributed by atoms with Gasteiger partial charge in [0, 0.05) is 17.1 Å². The Morgan fingerprint density at radius 1 is 1.16 bits per heavy atom. The smallest absolute Gasteiger partial charge is 0.123 e. The van der Waals surface area contributed by atoms with Gasteiger partial charge in [0.05, 0.1) is 23.6 Å². The molecule has 5 heteroatoms. The average Bonchev–Trinajstić information content (AvgIpc) is 2.83. The number of hydrogen-bond donors (Lipinski definition) is 1. The van der Waals surface area contributed by atoms with E-state index >= 15 is 0 Å². The van der Waals surface area contributed by atoms with Crippen LogP contribution in [0.25, 0.3) is 22.3 Å². The molecule has 0 saturated heterocycles. The van der Waals surface area contributed by atoms with E-state index in [1.165, 1.54) is 18.3 Å². The summed E-state index contributed by atoms with van der Waals surface area (Å²) in [6.45, 7) is 3.50. The first kappa shape index (κ1) is 11.4. The lowest BCUT2D eigenvalue weighted by molar-refractivity contribution is 0.514. The van der Waals surface area contributed by atoms with E-state index in [-0.39, 0.29) is 11.6 Å². The van der Waals surface area contributed by atoms with E-state index in [0.717, 1.165) is 16.6 Å². The molecule has 0 unspecified atom stereocenters. The Kier molecular flexibility index (Phi) is 2.52. The minimum Gasteiger partial charge on any atom is -0.508 e. The number of aromatic nitrogens is 3. The zero-order valence-electron chi connectivity index (χ0n) is 9.92. The number of hydrogen-bond acceptors (Lipinski definition) is 3. The molecule has 0 aliphatic rings. The van der Waals surface area contributed by atoms with Crippen LogP contribution in [0.3, 0.4) is 0 Å². The van der Waals surface area contributed by atoms with Gasteiger partial charge in [-0.1, -0.05) is 6.58 Å². The molecule has 94 valence electrons. The number of nitrogens with zero attached hydrogens (tertiary/aromatic N) is 3. The predicted molar refractivity (Wildman–Crippen MR) is 70.5 cm³/mol. The summed E-state index contributed by atoms with van der Waals surface area (Å²) in [6.07, 6.45) is 4.79. The van der Waals surface area contributed by atoms with Crippen LogP contribution >= 0.6 is 0 Å². The van der Waals surface area contributed by atoms with Gasteiger partial charge in [-0.15, -0.1) is 0 Å². The van der Waals surface area contributed by atoms with E-state index in [0.29, 0.717) is 5.56 Å². The Balaban J connectivity index is 2.24.